The van der Waals surface area contributed by atoms with Crippen LogP contribution < -0.4 is 4.18 Å². The number of non-ortho nitro benzene ring substituents is 1. The van der Waals surface area contributed by atoms with Crippen molar-refractivity contribution in [2.45, 2.75) is 4.90 Å². The molecule has 0 aromatic heterocycles. The van der Waals surface area contributed by atoms with Crippen LogP contribution >= 0.6 is 11.6 Å². The Labute approximate surface area is 142 Å². The van der Waals surface area contributed by atoms with Crippen LogP contribution in [0.15, 0.2) is 65.6 Å². The van der Waals surface area contributed by atoms with Crippen LogP contribution in [0.4, 0.5) is 5.69 Å². The van der Waals surface area contributed by atoms with E-state index in [0.29, 0.717) is 15.8 Å². The Morgan fingerprint density at radius 1 is 0.917 bits per heavy atom. The van der Waals surface area contributed by atoms with E-state index < -0.39 is 15.0 Å². The van der Waals surface area contributed by atoms with Crippen molar-refractivity contribution >= 4 is 38.2 Å². The summed E-state index contributed by atoms with van der Waals surface area (Å²) in [6.07, 6.45) is 0. The number of nitro groups is 1. The molecule has 0 heterocycles. The van der Waals surface area contributed by atoms with Crippen LogP contribution in [0, 0.1) is 10.1 Å². The zero-order valence-corrected chi connectivity index (χ0v) is 13.6. The first-order valence-electron chi connectivity index (χ1n) is 6.75. The molecule has 0 saturated heterocycles. The Bertz CT molecular complexity index is 1030. The Kier molecular flexibility index (Phi) is 4.13. The van der Waals surface area contributed by atoms with Crippen molar-refractivity contribution in [3.8, 4) is 5.75 Å². The highest BCUT2D eigenvalue weighted by Gasteiger charge is 2.19. The quantitative estimate of drug-likeness (QED) is 0.394. The minimum absolute atomic E-state index is 0.133. The van der Waals surface area contributed by atoms with Gasteiger partial charge in [-0.1, -0.05) is 35.9 Å². The lowest BCUT2D eigenvalue weighted by Crippen LogP contribution is -2.10. The van der Waals surface area contributed by atoms with Gasteiger partial charge in [0.15, 0.2) is 5.75 Å². The molecule has 122 valence electrons. The van der Waals surface area contributed by atoms with Gasteiger partial charge in [0.1, 0.15) is 4.90 Å². The summed E-state index contributed by atoms with van der Waals surface area (Å²) in [6, 6.07) is 14.5. The molecule has 0 aliphatic heterocycles. The number of nitro benzene ring substituents is 1. The highest BCUT2D eigenvalue weighted by molar-refractivity contribution is 7.87. The van der Waals surface area contributed by atoms with E-state index in [1.165, 1.54) is 6.07 Å². The van der Waals surface area contributed by atoms with Gasteiger partial charge < -0.3 is 4.18 Å². The first-order valence-corrected chi connectivity index (χ1v) is 8.53. The predicted molar refractivity (Wildman–Crippen MR) is 89.9 cm³/mol. The summed E-state index contributed by atoms with van der Waals surface area (Å²) >= 11 is 6.10. The van der Waals surface area contributed by atoms with E-state index in [4.69, 9.17) is 15.8 Å². The number of hydrogen-bond donors (Lipinski definition) is 0. The van der Waals surface area contributed by atoms with Crippen LogP contribution in [-0.4, -0.2) is 13.3 Å². The summed E-state index contributed by atoms with van der Waals surface area (Å²) in [5.74, 6) is 0.133. The highest BCUT2D eigenvalue weighted by atomic mass is 35.5. The van der Waals surface area contributed by atoms with Crippen molar-refractivity contribution in [2.24, 2.45) is 0 Å². The standard InChI is InChI=1S/C16H10ClNO5S/c17-15-9-10-16(14-4-2-1-3-13(14)15)23-24(21,22)12-7-5-11(6-8-12)18(19)20/h1-10H. The first kappa shape index (κ1) is 16.2. The fourth-order valence-corrected chi connectivity index (χ4v) is 3.38. The van der Waals surface area contributed by atoms with E-state index in [0.717, 1.165) is 24.3 Å². The maximum atomic E-state index is 12.4. The molecular weight excluding hydrogens is 354 g/mol. The van der Waals surface area contributed by atoms with Crippen molar-refractivity contribution in [1.82, 2.24) is 0 Å². The van der Waals surface area contributed by atoms with Gasteiger partial charge in [0.05, 0.1) is 4.92 Å². The number of rotatable bonds is 4. The van der Waals surface area contributed by atoms with Crippen molar-refractivity contribution in [3.05, 3.63) is 75.8 Å². The second kappa shape index (κ2) is 6.10. The maximum absolute atomic E-state index is 12.4. The van der Waals surface area contributed by atoms with Gasteiger partial charge in [0.25, 0.3) is 5.69 Å². The highest BCUT2D eigenvalue weighted by Crippen LogP contribution is 2.33. The minimum Gasteiger partial charge on any atom is -0.378 e. The Balaban J connectivity index is 2.01. The van der Waals surface area contributed by atoms with Crippen molar-refractivity contribution in [1.29, 1.82) is 0 Å². The third-order valence-corrected chi connectivity index (χ3v) is 4.94. The van der Waals surface area contributed by atoms with E-state index in [1.54, 1.807) is 30.3 Å². The molecule has 0 bridgehead atoms. The van der Waals surface area contributed by atoms with Gasteiger partial charge in [-0.3, -0.25) is 10.1 Å². The number of hydrogen-bond acceptors (Lipinski definition) is 5. The molecule has 24 heavy (non-hydrogen) atoms. The van der Waals surface area contributed by atoms with E-state index in [2.05, 4.69) is 0 Å². The van der Waals surface area contributed by atoms with Crippen molar-refractivity contribution in [3.63, 3.8) is 0 Å². The number of benzene rings is 3. The molecule has 0 fully saturated rings. The molecule has 0 aliphatic rings. The molecule has 3 aromatic rings. The molecule has 8 heteroatoms. The zero-order valence-electron chi connectivity index (χ0n) is 12.0. The van der Waals surface area contributed by atoms with Crippen LogP contribution in [0.25, 0.3) is 10.8 Å². The Morgan fingerprint density at radius 3 is 2.17 bits per heavy atom. The monoisotopic (exact) mass is 363 g/mol. The van der Waals surface area contributed by atoms with E-state index in [1.807, 2.05) is 0 Å². The molecule has 6 nitrogen and oxygen atoms in total. The predicted octanol–water partition coefficient (Wildman–Crippen LogP) is 4.17. The second-order valence-corrected chi connectivity index (χ2v) is 6.83. The lowest BCUT2D eigenvalue weighted by molar-refractivity contribution is -0.384. The van der Waals surface area contributed by atoms with Gasteiger partial charge in [-0.05, 0) is 24.3 Å². The normalized spacial score (nSPS) is 11.4. The van der Waals surface area contributed by atoms with E-state index in [9.17, 15) is 18.5 Å². The lowest BCUT2D eigenvalue weighted by atomic mass is 10.1. The fraction of sp³-hybridized carbons (Fsp3) is 0. The average molecular weight is 364 g/mol. The van der Waals surface area contributed by atoms with Gasteiger partial charge in [0, 0.05) is 27.9 Å². The smallest absolute Gasteiger partial charge is 0.339 e. The Morgan fingerprint density at radius 2 is 1.54 bits per heavy atom. The molecule has 0 spiro atoms. The summed E-state index contributed by atoms with van der Waals surface area (Å²) in [7, 11) is -4.13. The molecule has 0 amide bonds. The number of fused-ring (bicyclic) bond motifs is 1. The van der Waals surface area contributed by atoms with E-state index in [-0.39, 0.29) is 16.3 Å². The molecule has 3 rings (SSSR count). The summed E-state index contributed by atoms with van der Waals surface area (Å²) in [5.41, 5.74) is -0.203. The SMILES string of the molecule is O=[N+]([O-])c1ccc(S(=O)(=O)Oc2ccc(Cl)c3ccccc23)cc1. The third-order valence-electron chi connectivity index (χ3n) is 3.37. The van der Waals surface area contributed by atoms with Gasteiger partial charge >= 0.3 is 10.1 Å². The summed E-state index contributed by atoms with van der Waals surface area (Å²) < 4.78 is 30.0. The molecule has 0 N–H and O–H groups in total. The largest absolute Gasteiger partial charge is 0.378 e. The summed E-state index contributed by atoms with van der Waals surface area (Å²) in [4.78, 5) is 9.86. The summed E-state index contributed by atoms with van der Waals surface area (Å²) in [5, 5.41) is 12.3. The Hall–Kier alpha value is -2.64. The molecule has 0 radical (unpaired) electrons. The molecule has 0 unspecified atom stereocenters. The van der Waals surface area contributed by atoms with Gasteiger partial charge in [-0.15, -0.1) is 0 Å². The topological polar surface area (TPSA) is 86.5 Å². The molecule has 0 aliphatic carbocycles. The first-order chi connectivity index (χ1) is 11.4. The van der Waals surface area contributed by atoms with Crippen LogP contribution in [0.3, 0.4) is 0 Å². The molecule has 0 saturated carbocycles. The van der Waals surface area contributed by atoms with Gasteiger partial charge in [-0.25, -0.2) is 0 Å². The van der Waals surface area contributed by atoms with Crippen LogP contribution in [0.2, 0.25) is 5.02 Å². The molecular formula is C16H10ClNO5S. The second-order valence-electron chi connectivity index (χ2n) is 4.88. The average Bonchev–Trinajstić information content (AvgIpc) is 2.58. The van der Waals surface area contributed by atoms with Crippen molar-refractivity contribution < 1.29 is 17.5 Å². The van der Waals surface area contributed by atoms with Crippen LogP contribution in [0.1, 0.15) is 0 Å². The van der Waals surface area contributed by atoms with Gasteiger partial charge in [-0.2, -0.15) is 8.42 Å². The zero-order chi connectivity index (χ0) is 17.3. The fourth-order valence-electron chi connectivity index (χ4n) is 2.21. The molecule has 3 aromatic carbocycles. The molecule has 0 atom stereocenters. The number of nitrogens with zero attached hydrogens (tertiary/aromatic N) is 1. The lowest BCUT2D eigenvalue weighted by Gasteiger charge is -2.10. The van der Waals surface area contributed by atoms with Crippen LogP contribution in [0.5, 0.6) is 5.75 Å². The third kappa shape index (κ3) is 3.04. The van der Waals surface area contributed by atoms with Crippen LogP contribution in [-0.2, 0) is 10.1 Å². The maximum Gasteiger partial charge on any atom is 0.339 e. The number of halogens is 1. The minimum atomic E-state index is -4.13. The summed E-state index contributed by atoms with van der Waals surface area (Å²) in [6.45, 7) is 0. The van der Waals surface area contributed by atoms with Gasteiger partial charge in [0.2, 0.25) is 0 Å². The van der Waals surface area contributed by atoms with Crippen molar-refractivity contribution in [2.75, 3.05) is 0 Å². The van der Waals surface area contributed by atoms with E-state index >= 15 is 0 Å².